The highest BCUT2D eigenvalue weighted by Crippen LogP contribution is 2.31. The summed E-state index contributed by atoms with van der Waals surface area (Å²) < 4.78 is 3.00. The fourth-order valence-corrected chi connectivity index (χ4v) is 4.55. The summed E-state index contributed by atoms with van der Waals surface area (Å²) in [4.78, 5) is 21.2. The van der Waals surface area contributed by atoms with E-state index in [2.05, 4.69) is 22.2 Å². The maximum Gasteiger partial charge on any atom is 0.317 e. The fourth-order valence-electron chi connectivity index (χ4n) is 3.25. The lowest BCUT2D eigenvalue weighted by Crippen LogP contribution is -2.51. The van der Waals surface area contributed by atoms with Gasteiger partial charge in [-0.1, -0.05) is 29.9 Å². The Morgan fingerprint density at radius 3 is 2.86 bits per heavy atom. The number of carbonyl (C=O) groups is 1. The van der Waals surface area contributed by atoms with Crippen LogP contribution in [0.5, 0.6) is 0 Å². The minimum absolute atomic E-state index is 0.0410. The van der Waals surface area contributed by atoms with E-state index >= 15 is 0 Å². The van der Waals surface area contributed by atoms with Crippen LogP contribution in [0.2, 0.25) is 5.02 Å². The average molecular weight is 419 g/mol. The molecule has 0 radical (unpaired) electrons. The van der Waals surface area contributed by atoms with Gasteiger partial charge in [0, 0.05) is 43.9 Å². The molecule has 9 heteroatoms. The molecule has 3 aromatic rings. The molecule has 1 fully saturated rings. The lowest BCUT2D eigenvalue weighted by atomic mass is 10.3. The van der Waals surface area contributed by atoms with Crippen molar-refractivity contribution >= 4 is 44.3 Å². The van der Waals surface area contributed by atoms with E-state index in [1.165, 1.54) is 0 Å². The zero-order valence-corrected chi connectivity index (χ0v) is 17.3. The van der Waals surface area contributed by atoms with Gasteiger partial charge in [0.15, 0.2) is 5.13 Å². The monoisotopic (exact) mass is 418 g/mol. The van der Waals surface area contributed by atoms with E-state index in [1.54, 1.807) is 11.3 Å². The number of halogens is 1. The van der Waals surface area contributed by atoms with Crippen molar-refractivity contribution in [1.29, 1.82) is 0 Å². The van der Waals surface area contributed by atoms with Crippen molar-refractivity contribution in [3.8, 4) is 0 Å². The summed E-state index contributed by atoms with van der Waals surface area (Å²) in [6.45, 7) is 6.35. The first-order valence-electron chi connectivity index (χ1n) is 9.48. The van der Waals surface area contributed by atoms with E-state index in [4.69, 9.17) is 16.6 Å². The van der Waals surface area contributed by atoms with Crippen molar-refractivity contribution in [3.63, 3.8) is 0 Å². The molecule has 3 heterocycles. The number of rotatable bonds is 5. The summed E-state index contributed by atoms with van der Waals surface area (Å²) in [6, 6.07) is 7.67. The second-order valence-corrected chi connectivity index (χ2v) is 8.26. The van der Waals surface area contributed by atoms with E-state index in [0.29, 0.717) is 19.6 Å². The number of benzene rings is 1. The predicted octanol–water partition coefficient (Wildman–Crippen LogP) is 3.59. The number of carbonyl (C=O) groups excluding carboxylic acids is 1. The highest BCUT2D eigenvalue weighted by Gasteiger charge is 2.23. The molecule has 1 saturated heterocycles. The zero-order chi connectivity index (χ0) is 19.5. The van der Waals surface area contributed by atoms with Crippen LogP contribution < -0.4 is 10.2 Å². The third-order valence-electron chi connectivity index (χ3n) is 4.75. The van der Waals surface area contributed by atoms with Crippen molar-refractivity contribution in [1.82, 2.24) is 25.0 Å². The average Bonchev–Trinajstić information content (AvgIpc) is 3.33. The standard InChI is InChI=1S/C19H23ClN6OS/c1-2-6-26-7-5-15(23-26)13-21-18(27)24-8-10-25(11-9-24)19-22-16-4-3-14(20)12-17(16)28-19/h3-5,7,12H,2,6,8-11,13H2,1H3,(H,21,27). The number of thiazole rings is 1. The summed E-state index contributed by atoms with van der Waals surface area (Å²) in [6.07, 6.45) is 2.99. The molecule has 4 rings (SSSR count). The molecule has 0 bridgehead atoms. The Kier molecular flexibility index (Phi) is 5.68. The lowest BCUT2D eigenvalue weighted by molar-refractivity contribution is 0.193. The second-order valence-electron chi connectivity index (χ2n) is 6.81. The maximum absolute atomic E-state index is 12.5. The molecule has 0 atom stereocenters. The van der Waals surface area contributed by atoms with Gasteiger partial charge in [0.1, 0.15) is 0 Å². The predicted molar refractivity (Wildman–Crippen MR) is 113 cm³/mol. The van der Waals surface area contributed by atoms with Crippen LogP contribution in [0, 0.1) is 0 Å². The van der Waals surface area contributed by atoms with Crippen LogP contribution in [0.25, 0.3) is 10.2 Å². The van der Waals surface area contributed by atoms with Crippen LogP contribution >= 0.6 is 22.9 Å². The van der Waals surface area contributed by atoms with Crippen molar-refractivity contribution in [2.75, 3.05) is 31.1 Å². The SMILES string of the molecule is CCCn1ccc(CNC(=O)N2CCN(c3nc4ccc(Cl)cc4s3)CC2)n1. The van der Waals surface area contributed by atoms with Gasteiger partial charge in [0.2, 0.25) is 0 Å². The van der Waals surface area contributed by atoms with Crippen molar-refractivity contribution in [3.05, 3.63) is 41.2 Å². The third kappa shape index (κ3) is 4.23. The number of anilines is 1. The summed E-state index contributed by atoms with van der Waals surface area (Å²) in [7, 11) is 0. The van der Waals surface area contributed by atoms with Crippen LogP contribution in [-0.2, 0) is 13.1 Å². The summed E-state index contributed by atoms with van der Waals surface area (Å²) in [5, 5.41) is 9.14. The van der Waals surface area contributed by atoms with Crippen molar-refractivity contribution < 1.29 is 4.79 Å². The molecule has 0 saturated carbocycles. The number of fused-ring (bicyclic) bond motifs is 1. The van der Waals surface area contributed by atoms with E-state index in [-0.39, 0.29) is 6.03 Å². The second kappa shape index (κ2) is 8.36. The van der Waals surface area contributed by atoms with Crippen LogP contribution in [0.1, 0.15) is 19.0 Å². The maximum atomic E-state index is 12.5. The Bertz CT molecular complexity index is 962. The quantitative estimate of drug-likeness (QED) is 0.687. The number of piperazine rings is 1. The Labute approximate surface area is 172 Å². The van der Waals surface area contributed by atoms with Gasteiger partial charge in [-0.15, -0.1) is 0 Å². The normalized spacial score (nSPS) is 14.6. The van der Waals surface area contributed by atoms with E-state index in [1.807, 2.05) is 40.0 Å². The Balaban J connectivity index is 1.29. The first-order valence-corrected chi connectivity index (χ1v) is 10.7. The van der Waals surface area contributed by atoms with Gasteiger partial charge in [-0.25, -0.2) is 9.78 Å². The van der Waals surface area contributed by atoms with E-state index in [0.717, 1.165) is 52.1 Å². The lowest BCUT2D eigenvalue weighted by Gasteiger charge is -2.34. The van der Waals surface area contributed by atoms with Gasteiger partial charge < -0.3 is 15.1 Å². The minimum atomic E-state index is -0.0410. The van der Waals surface area contributed by atoms with E-state index in [9.17, 15) is 4.79 Å². The molecular formula is C19H23ClN6OS. The minimum Gasteiger partial charge on any atom is -0.345 e. The third-order valence-corrected chi connectivity index (χ3v) is 6.06. The molecule has 2 amide bonds. The van der Waals surface area contributed by atoms with E-state index < -0.39 is 0 Å². The van der Waals surface area contributed by atoms with Crippen molar-refractivity contribution in [2.45, 2.75) is 26.4 Å². The van der Waals surface area contributed by atoms with Crippen molar-refractivity contribution in [2.24, 2.45) is 0 Å². The van der Waals surface area contributed by atoms with Crippen LogP contribution in [-0.4, -0.2) is 51.9 Å². The number of hydrogen-bond donors (Lipinski definition) is 1. The number of hydrogen-bond acceptors (Lipinski definition) is 5. The number of amides is 2. The van der Waals surface area contributed by atoms with Gasteiger partial charge in [-0.05, 0) is 30.7 Å². The molecule has 28 heavy (non-hydrogen) atoms. The molecule has 1 N–H and O–H groups in total. The summed E-state index contributed by atoms with van der Waals surface area (Å²) >= 11 is 7.71. The van der Waals surface area contributed by atoms with Crippen LogP contribution in [0.3, 0.4) is 0 Å². The first kappa shape index (κ1) is 19.0. The molecule has 2 aromatic heterocycles. The number of urea groups is 1. The van der Waals surface area contributed by atoms with Gasteiger partial charge in [-0.3, -0.25) is 4.68 Å². The van der Waals surface area contributed by atoms with Crippen LogP contribution in [0.4, 0.5) is 9.93 Å². The topological polar surface area (TPSA) is 66.3 Å². The number of aryl methyl sites for hydroxylation is 1. The molecule has 7 nitrogen and oxygen atoms in total. The molecule has 1 aliphatic heterocycles. The molecular weight excluding hydrogens is 396 g/mol. The molecule has 0 unspecified atom stereocenters. The smallest absolute Gasteiger partial charge is 0.317 e. The summed E-state index contributed by atoms with van der Waals surface area (Å²) in [5.74, 6) is 0. The number of nitrogens with one attached hydrogen (secondary N) is 1. The Morgan fingerprint density at radius 1 is 1.25 bits per heavy atom. The molecule has 148 valence electrons. The van der Waals surface area contributed by atoms with Gasteiger partial charge in [-0.2, -0.15) is 5.10 Å². The molecule has 1 aliphatic rings. The molecule has 1 aromatic carbocycles. The summed E-state index contributed by atoms with van der Waals surface area (Å²) in [5.41, 5.74) is 1.85. The molecule has 0 aliphatic carbocycles. The Morgan fingerprint density at radius 2 is 2.07 bits per heavy atom. The highest BCUT2D eigenvalue weighted by atomic mass is 35.5. The molecule has 0 spiro atoms. The number of aromatic nitrogens is 3. The van der Waals surface area contributed by atoms with Gasteiger partial charge in [0.25, 0.3) is 0 Å². The van der Waals surface area contributed by atoms with Gasteiger partial charge in [0.05, 0.1) is 22.5 Å². The Hall–Kier alpha value is -2.32. The largest absolute Gasteiger partial charge is 0.345 e. The first-order chi connectivity index (χ1) is 13.6. The van der Waals surface area contributed by atoms with Gasteiger partial charge >= 0.3 is 6.03 Å². The highest BCUT2D eigenvalue weighted by molar-refractivity contribution is 7.22. The fraction of sp³-hybridized carbons (Fsp3) is 0.421. The number of nitrogens with zero attached hydrogens (tertiary/aromatic N) is 5. The van der Waals surface area contributed by atoms with Crippen LogP contribution in [0.15, 0.2) is 30.5 Å². The zero-order valence-electron chi connectivity index (χ0n) is 15.8.